The topological polar surface area (TPSA) is 98.8 Å². The monoisotopic (exact) mass is 616 g/mol. The van der Waals surface area contributed by atoms with Gasteiger partial charge in [0.2, 0.25) is 0 Å². The Morgan fingerprint density at radius 1 is 0.841 bits per heavy atom. The fraction of sp³-hybridized carbons (Fsp3) is 0.588. The Bertz CT molecular complexity index is 1200. The number of hydrogen-bond donors (Lipinski definition) is 0. The predicted molar refractivity (Wildman–Crippen MR) is 159 cm³/mol. The summed E-state index contributed by atoms with van der Waals surface area (Å²) in [5.74, 6) is -3.61. The van der Waals surface area contributed by atoms with E-state index in [0.717, 1.165) is 11.1 Å². The maximum absolute atomic E-state index is 15.9. The van der Waals surface area contributed by atoms with E-state index in [1.807, 2.05) is 67.6 Å². The number of ether oxygens (including phenoxy) is 7. The van der Waals surface area contributed by atoms with Crippen LogP contribution in [0.1, 0.15) is 59.1 Å². The van der Waals surface area contributed by atoms with E-state index < -0.39 is 60.5 Å². The molecule has 0 aromatic heterocycles. The smallest absolute Gasteiger partial charge is 0.303 e. The largest absolute Gasteiger partial charge is 0.463 e. The fourth-order valence-electron chi connectivity index (χ4n) is 5.88. The van der Waals surface area contributed by atoms with E-state index in [1.165, 1.54) is 13.8 Å². The van der Waals surface area contributed by atoms with Gasteiger partial charge in [-0.3, -0.25) is 9.59 Å². The Hall–Kier alpha value is -2.89. The number of rotatable bonds is 12. The molecule has 0 radical (unpaired) electrons. The van der Waals surface area contributed by atoms with E-state index in [4.69, 9.17) is 33.2 Å². The Kier molecular flexibility index (Phi) is 11.9. The molecule has 0 bridgehead atoms. The van der Waals surface area contributed by atoms with E-state index >= 15 is 4.39 Å². The van der Waals surface area contributed by atoms with Gasteiger partial charge >= 0.3 is 11.9 Å². The van der Waals surface area contributed by atoms with Crippen LogP contribution in [0.4, 0.5) is 4.39 Å². The Morgan fingerprint density at radius 3 is 1.98 bits per heavy atom. The van der Waals surface area contributed by atoms with Crippen LogP contribution >= 0.6 is 0 Å². The van der Waals surface area contributed by atoms with Crippen LogP contribution < -0.4 is 0 Å². The van der Waals surface area contributed by atoms with Crippen molar-refractivity contribution in [2.75, 3.05) is 6.61 Å². The minimum absolute atomic E-state index is 0.0650. The Balaban J connectivity index is 1.64. The molecule has 2 aliphatic heterocycles. The quantitative estimate of drug-likeness (QED) is 0.285. The van der Waals surface area contributed by atoms with E-state index in [-0.39, 0.29) is 25.2 Å². The van der Waals surface area contributed by atoms with Crippen molar-refractivity contribution in [2.24, 2.45) is 11.8 Å². The summed E-state index contributed by atoms with van der Waals surface area (Å²) in [4.78, 5) is 23.4. The van der Waals surface area contributed by atoms with Gasteiger partial charge in [0.05, 0.1) is 25.4 Å². The molecule has 2 saturated heterocycles. The SMILES string of the molecule is CCC1O[C@](C)(O[C@@H]2OC(COC(C)=O)[C@@H](OC(C)=O)C(F)C2C)C(OCc2ccccc2)[C@@H](OCc2ccccc2)[C@@H]1C. The third-order valence-corrected chi connectivity index (χ3v) is 8.29. The van der Waals surface area contributed by atoms with Crippen LogP contribution in [0.3, 0.4) is 0 Å². The third-order valence-electron chi connectivity index (χ3n) is 8.29. The molecule has 44 heavy (non-hydrogen) atoms. The summed E-state index contributed by atoms with van der Waals surface area (Å²) < 4.78 is 58.8. The molecule has 4 rings (SSSR count). The minimum atomic E-state index is -1.67. The predicted octanol–water partition coefficient (Wildman–Crippen LogP) is 5.53. The van der Waals surface area contributed by atoms with Crippen LogP contribution in [0.2, 0.25) is 0 Å². The standard InChI is InChI=1S/C34H45FO9/c1-7-27-21(2)30(39-18-25-14-10-8-11-15-25)32(40-19-26-16-12-9-13-17-26)34(6,43-27)44-33-22(3)29(35)31(41-24(5)37)28(42-33)20-38-23(4)36/h8-17,21-22,27-33H,7,18-20H2,1-6H3/t21-,22?,27?,28?,29?,30+,31-,32?,33+,34-/m1/s1. The average Bonchev–Trinajstić information content (AvgIpc) is 3.00. The maximum Gasteiger partial charge on any atom is 0.303 e. The van der Waals surface area contributed by atoms with Crippen LogP contribution in [0.15, 0.2) is 60.7 Å². The van der Waals surface area contributed by atoms with Gasteiger partial charge in [0, 0.05) is 25.7 Å². The number of hydrogen-bond acceptors (Lipinski definition) is 9. The van der Waals surface area contributed by atoms with Crippen molar-refractivity contribution in [3.8, 4) is 0 Å². The zero-order valence-electron chi connectivity index (χ0n) is 26.4. The molecule has 0 saturated carbocycles. The highest BCUT2D eigenvalue weighted by molar-refractivity contribution is 5.66. The second kappa shape index (κ2) is 15.4. The minimum Gasteiger partial charge on any atom is -0.463 e. The lowest BCUT2D eigenvalue weighted by Crippen LogP contribution is -2.65. The molecule has 2 aromatic rings. The molecule has 0 aliphatic carbocycles. The highest BCUT2D eigenvalue weighted by atomic mass is 19.1. The normalized spacial score (nSPS) is 33.8. The van der Waals surface area contributed by atoms with Crippen LogP contribution in [0.25, 0.3) is 0 Å². The number of esters is 2. The molecule has 242 valence electrons. The van der Waals surface area contributed by atoms with E-state index in [9.17, 15) is 9.59 Å². The molecule has 2 heterocycles. The molecular weight excluding hydrogens is 571 g/mol. The molecule has 10 heteroatoms. The second-order valence-corrected chi connectivity index (χ2v) is 11.8. The Labute approximate surface area is 259 Å². The van der Waals surface area contributed by atoms with Gasteiger partial charge in [0.15, 0.2) is 18.2 Å². The molecule has 0 spiro atoms. The summed E-state index contributed by atoms with van der Waals surface area (Å²) in [6.45, 7) is 10.2. The number of carbonyl (C=O) groups excluding carboxylic acids is 2. The van der Waals surface area contributed by atoms with Gasteiger partial charge < -0.3 is 33.2 Å². The van der Waals surface area contributed by atoms with Gasteiger partial charge in [-0.1, -0.05) is 81.4 Å². The molecule has 0 N–H and O–H groups in total. The van der Waals surface area contributed by atoms with Crippen molar-refractivity contribution < 1.29 is 47.1 Å². The lowest BCUT2D eigenvalue weighted by Gasteiger charge is -2.53. The summed E-state index contributed by atoms with van der Waals surface area (Å²) in [5, 5.41) is 0. The first-order chi connectivity index (χ1) is 21.0. The molecule has 2 aliphatic rings. The Morgan fingerprint density at radius 2 is 1.43 bits per heavy atom. The van der Waals surface area contributed by atoms with Crippen LogP contribution in [0.5, 0.6) is 0 Å². The first-order valence-electron chi connectivity index (χ1n) is 15.3. The van der Waals surface area contributed by atoms with Gasteiger partial charge in [-0.2, -0.15) is 0 Å². The van der Waals surface area contributed by atoms with Crippen molar-refractivity contribution in [3.05, 3.63) is 71.8 Å². The molecule has 2 fully saturated rings. The lowest BCUT2D eigenvalue weighted by atomic mass is 9.85. The highest BCUT2D eigenvalue weighted by Gasteiger charge is 2.56. The third kappa shape index (κ3) is 8.43. The fourth-order valence-corrected chi connectivity index (χ4v) is 5.88. The summed E-state index contributed by atoms with van der Waals surface area (Å²) in [7, 11) is 0. The molecule has 2 aromatic carbocycles. The molecule has 9 nitrogen and oxygen atoms in total. The summed E-state index contributed by atoms with van der Waals surface area (Å²) in [6, 6.07) is 19.6. The van der Waals surface area contributed by atoms with Gasteiger partial charge in [-0.25, -0.2) is 4.39 Å². The first kappa shape index (κ1) is 34.0. The van der Waals surface area contributed by atoms with Crippen molar-refractivity contribution >= 4 is 11.9 Å². The number of carbonyl (C=O) groups is 2. The van der Waals surface area contributed by atoms with E-state index in [2.05, 4.69) is 6.92 Å². The van der Waals surface area contributed by atoms with E-state index in [0.29, 0.717) is 13.0 Å². The highest BCUT2D eigenvalue weighted by Crippen LogP contribution is 2.42. The number of benzene rings is 2. The molecular formula is C34H45FO9. The van der Waals surface area contributed by atoms with Crippen LogP contribution in [-0.4, -0.2) is 67.3 Å². The van der Waals surface area contributed by atoms with Crippen molar-refractivity contribution in [1.82, 2.24) is 0 Å². The van der Waals surface area contributed by atoms with Gasteiger partial charge in [0.25, 0.3) is 0 Å². The maximum atomic E-state index is 15.9. The number of halogens is 1. The van der Waals surface area contributed by atoms with Crippen LogP contribution in [0, 0.1) is 11.8 Å². The van der Waals surface area contributed by atoms with Crippen LogP contribution in [-0.2, 0) is 56.0 Å². The summed E-state index contributed by atoms with van der Waals surface area (Å²) in [6.07, 6.45) is -5.97. The summed E-state index contributed by atoms with van der Waals surface area (Å²) in [5.41, 5.74) is 1.97. The van der Waals surface area contributed by atoms with Crippen molar-refractivity contribution in [3.63, 3.8) is 0 Å². The number of alkyl halides is 1. The zero-order valence-corrected chi connectivity index (χ0v) is 26.4. The van der Waals surface area contributed by atoms with E-state index in [1.54, 1.807) is 13.8 Å². The van der Waals surface area contributed by atoms with Gasteiger partial charge in [-0.05, 0) is 24.5 Å². The lowest BCUT2D eigenvalue weighted by molar-refractivity contribution is -0.412. The van der Waals surface area contributed by atoms with Gasteiger partial charge in [0.1, 0.15) is 25.0 Å². The van der Waals surface area contributed by atoms with Gasteiger partial charge in [-0.15, -0.1) is 0 Å². The second-order valence-electron chi connectivity index (χ2n) is 11.8. The molecule has 10 atom stereocenters. The summed E-state index contributed by atoms with van der Waals surface area (Å²) >= 11 is 0. The first-order valence-corrected chi connectivity index (χ1v) is 15.3. The molecule has 5 unspecified atom stereocenters. The average molecular weight is 617 g/mol. The van der Waals surface area contributed by atoms with Crippen molar-refractivity contribution in [1.29, 1.82) is 0 Å². The zero-order chi connectivity index (χ0) is 31.9. The molecule has 0 amide bonds. The van der Waals surface area contributed by atoms with Crippen molar-refractivity contribution in [2.45, 2.75) is 110 Å².